The lowest BCUT2D eigenvalue weighted by atomic mass is 10.2. The molecule has 2 aliphatic heterocycles. The van der Waals surface area contributed by atoms with Crippen molar-refractivity contribution in [2.24, 2.45) is 0 Å². The molecule has 0 saturated heterocycles. The van der Waals surface area contributed by atoms with Crippen molar-refractivity contribution in [3.05, 3.63) is 108 Å². The number of H-pyrrole nitrogens is 1. The average molecular weight is 434 g/mol. The Hall–Kier alpha value is -4.38. The van der Waals surface area contributed by atoms with Crippen LogP contribution in [0.3, 0.4) is 0 Å². The van der Waals surface area contributed by atoms with E-state index in [1.165, 1.54) is 21.8 Å². The first-order valence-corrected chi connectivity index (χ1v) is 10.9. The topological polar surface area (TPSA) is 74.0 Å². The Labute approximate surface area is 191 Å². The van der Waals surface area contributed by atoms with Crippen molar-refractivity contribution >= 4 is 45.0 Å². The summed E-state index contributed by atoms with van der Waals surface area (Å²) < 4.78 is 0. The van der Waals surface area contributed by atoms with Crippen LogP contribution >= 0.6 is 0 Å². The van der Waals surface area contributed by atoms with Gasteiger partial charge in [0.15, 0.2) is 0 Å². The third-order valence-electron chi connectivity index (χ3n) is 5.70. The van der Waals surface area contributed by atoms with Gasteiger partial charge in [-0.2, -0.15) is 0 Å². The summed E-state index contributed by atoms with van der Waals surface area (Å²) >= 11 is 0. The summed E-state index contributed by atoms with van der Waals surface area (Å²) in [5.74, 6) is 0.197. The Bertz CT molecular complexity index is 1300. The van der Waals surface area contributed by atoms with Gasteiger partial charge in [0, 0.05) is 33.2 Å². The van der Waals surface area contributed by atoms with Crippen LogP contribution in [-0.4, -0.2) is 16.8 Å². The summed E-state index contributed by atoms with van der Waals surface area (Å²) in [7, 11) is 0. The maximum Gasteiger partial charge on any atom is 0.228 e. The molecule has 4 aromatic carbocycles. The molecule has 0 fully saturated rings. The van der Waals surface area contributed by atoms with Crippen molar-refractivity contribution in [1.29, 1.82) is 0 Å². The quantitative estimate of drug-likeness (QED) is 0.294. The van der Waals surface area contributed by atoms with Crippen LogP contribution in [0.15, 0.2) is 97.1 Å². The molecule has 0 saturated carbocycles. The number of hydrogen-bond donors (Lipinski definition) is 3. The second kappa shape index (κ2) is 9.01. The van der Waals surface area contributed by atoms with Crippen LogP contribution in [0.4, 0.5) is 11.4 Å². The molecule has 162 valence electrons. The van der Waals surface area contributed by atoms with E-state index in [4.69, 9.17) is 0 Å². The lowest BCUT2D eigenvalue weighted by molar-refractivity contribution is -0.115. The van der Waals surface area contributed by atoms with E-state index in [1.54, 1.807) is 0 Å². The molecular formula is C28H23N3O2. The first kappa shape index (κ1) is 20.5. The van der Waals surface area contributed by atoms with Crippen molar-refractivity contribution in [2.75, 3.05) is 10.6 Å². The highest BCUT2D eigenvalue weighted by molar-refractivity contribution is 6.07. The highest BCUT2D eigenvalue weighted by Gasteiger charge is 2.16. The molecule has 7 rings (SSSR count). The van der Waals surface area contributed by atoms with Gasteiger partial charge < -0.3 is 15.6 Å². The normalized spacial score (nSPS) is 13.2. The van der Waals surface area contributed by atoms with E-state index in [-0.39, 0.29) is 11.8 Å². The van der Waals surface area contributed by atoms with E-state index in [9.17, 15) is 9.59 Å². The second-order valence-electron chi connectivity index (χ2n) is 7.98. The Morgan fingerprint density at radius 3 is 1.33 bits per heavy atom. The van der Waals surface area contributed by atoms with E-state index in [0.29, 0.717) is 12.8 Å². The summed E-state index contributed by atoms with van der Waals surface area (Å²) in [6, 6.07) is 32.3. The number of hydrogen-bond acceptors (Lipinski definition) is 2. The first-order valence-electron chi connectivity index (χ1n) is 10.9. The number of amides is 2. The summed E-state index contributed by atoms with van der Waals surface area (Å²) in [4.78, 5) is 25.0. The monoisotopic (exact) mass is 433 g/mol. The van der Waals surface area contributed by atoms with Crippen LogP contribution in [0.2, 0.25) is 0 Å². The molecule has 3 N–H and O–H groups in total. The van der Waals surface area contributed by atoms with Crippen molar-refractivity contribution in [3.8, 4) is 0 Å². The molecule has 5 heteroatoms. The van der Waals surface area contributed by atoms with Gasteiger partial charge in [0.2, 0.25) is 11.8 Å². The van der Waals surface area contributed by atoms with Gasteiger partial charge in [0.05, 0.1) is 12.8 Å². The number of rotatable bonds is 0. The first-order chi connectivity index (χ1) is 16.2. The molecule has 3 heterocycles. The number of fused-ring (bicyclic) bond motifs is 5. The number of benzene rings is 4. The fraction of sp³-hybridized carbons (Fsp3) is 0.0714. The van der Waals surface area contributed by atoms with Crippen LogP contribution in [0, 0.1) is 0 Å². The summed E-state index contributed by atoms with van der Waals surface area (Å²) in [5, 5.41) is 8.12. The van der Waals surface area contributed by atoms with Crippen molar-refractivity contribution in [2.45, 2.75) is 12.8 Å². The molecule has 0 spiro atoms. The second-order valence-corrected chi connectivity index (χ2v) is 7.98. The van der Waals surface area contributed by atoms with E-state index in [0.717, 1.165) is 22.5 Å². The standard InChI is InChI=1S/C12H9N.2C8H7NO/c1-3-7-11-9(5-1)10-6-2-4-8-12(10)13-11;2*10-8-5-6-3-1-2-4-7(6)9-8/h1-8,13H;2*1-4H,5H2,(H,9,10). The lowest BCUT2D eigenvalue weighted by Crippen LogP contribution is -2.03. The summed E-state index contributed by atoms with van der Waals surface area (Å²) in [6.45, 7) is 0. The third kappa shape index (κ3) is 4.48. The number of para-hydroxylation sites is 4. The lowest BCUT2D eigenvalue weighted by Gasteiger charge is -1.93. The zero-order chi connectivity index (χ0) is 22.6. The number of anilines is 2. The van der Waals surface area contributed by atoms with Gasteiger partial charge in [-0.1, -0.05) is 72.8 Å². The van der Waals surface area contributed by atoms with Crippen LogP contribution < -0.4 is 10.6 Å². The van der Waals surface area contributed by atoms with Crippen LogP contribution in [0.25, 0.3) is 21.8 Å². The van der Waals surface area contributed by atoms with E-state index in [2.05, 4.69) is 64.1 Å². The van der Waals surface area contributed by atoms with Crippen molar-refractivity contribution in [3.63, 3.8) is 0 Å². The van der Waals surface area contributed by atoms with Gasteiger partial charge in [-0.15, -0.1) is 0 Å². The Kier molecular flexibility index (Phi) is 5.60. The summed E-state index contributed by atoms with van der Waals surface area (Å²) in [6.07, 6.45) is 1.08. The van der Waals surface area contributed by atoms with Crippen LogP contribution in [-0.2, 0) is 22.4 Å². The molecule has 5 aromatic rings. The number of carbonyl (C=O) groups is 2. The molecule has 5 nitrogen and oxygen atoms in total. The van der Waals surface area contributed by atoms with Gasteiger partial charge in [-0.25, -0.2) is 0 Å². The average Bonchev–Trinajstić information content (AvgIpc) is 3.52. The smallest absolute Gasteiger partial charge is 0.228 e. The summed E-state index contributed by atoms with van der Waals surface area (Å²) in [5.41, 5.74) is 6.56. The van der Waals surface area contributed by atoms with E-state index in [1.807, 2.05) is 48.5 Å². The van der Waals surface area contributed by atoms with Gasteiger partial charge in [-0.05, 0) is 35.4 Å². The van der Waals surface area contributed by atoms with Crippen LogP contribution in [0.1, 0.15) is 11.1 Å². The molecule has 0 unspecified atom stereocenters. The van der Waals surface area contributed by atoms with Gasteiger partial charge in [0.25, 0.3) is 0 Å². The highest BCUT2D eigenvalue weighted by atomic mass is 16.2. The minimum Gasteiger partial charge on any atom is -0.355 e. The Morgan fingerprint density at radius 2 is 0.879 bits per heavy atom. The number of aromatic nitrogens is 1. The zero-order valence-electron chi connectivity index (χ0n) is 18.0. The number of aromatic amines is 1. The van der Waals surface area contributed by atoms with Gasteiger partial charge in [-0.3, -0.25) is 9.59 Å². The van der Waals surface area contributed by atoms with Crippen LogP contribution in [0.5, 0.6) is 0 Å². The molecule has 0 aliphatic carbocycles. The number of carbonyl (C=O) groups excluding carboxylic acids is 2. The van der Waals surface area contributed by atoms with Crippen molar-refractivity contribution in [1.82, 2.24) is 4.98 Å². The molecule has 0 atom stereocenters. The fourth-order valence-corrected chi connectivity index (χ4v) is 4.13. The Morgan fingerprint density at radius 1 is 0.485 bits per heavy atom. The zero-order valence-corrected chi connectivity index (χ0v) is 18.0. The predicted octanol–water partition coefficient (Wildman–Crippen LogP) is 5.68. The number of nitrogens with one attached hydrogen (secondary N) is 3. The SMILES string of the molecule is O=C1Cc2ccccc2N1.O=C1Cc2ccccc2N1.c1ccc2c(c1)[nH]c1ccccc12. The molecule has 2 amide bonds. The van der Waals surface area contributed by atoms with E-state index < -0.39 is 0 Å². The maximum atomic E-state index is 10.8. The minimum absolute atomic E-state index is 0.0983. The Balaban J connectivity index is 0.000000105. The molecule has 0 bridgehead atoms. The largest absolute Gasteiger partial charge is 0.355 e. The molecule has 33 heavy (non-hydrogen) atoms. The van der Waals surface area contributed by atoms with Gasteiger partial charge in [0.1, 0.15) is 0 Å². The molecule has 2 aliphatic rings. The fourth-order valence-electron chi connectivity index (χ4n) is 4.13. The molecular weight excluding hydrogens is 410 g/mol. The highest BCUT2D eigenvalue weighted by Crippen LogP contribution is 2.24. The third-order valence-corrected chi connectivity index (χ3v) is 5.70. The van der Waals surface area contributed by atoms with Gasteiger partial charge >= 0.3 is 0 Å². The van der Waals surface area contributed by atoms with Crippen molar-refractivity contribution < 1.29 is 9.59 Å². The minimum atomic E-state index is 0.0983. The predicted molar refractivity (Wildman–Crippen MR) is 133 cm³/mol. The molecule has 1 aromatic heterocycles. The molecule has 0 radical (unpaired) electrons. The van der Waals surface area contributed by atoms with E-state index >= 15 is 0 Å². The maximum absolute atomic E-state index is 10.8.